The van der Waals surface area contributed by atoms with E-state index in [0.29, 0.717) is 21.0 Å². The van der Waals surface area contributed by atoms with Crippen LogP contribution in [0.4, 0.5) is 4.39 Å². The van der Waals surface area contributed by atoms with Gasteiger partial charge in [0, 0.05) is 33.4 Å². The Morgan fingerprint density at radius 3 is 2.63 bits per heavy atom. The molecule has 0 amide bonds. The molecule has 0 radical (unpaired) electrons. The van der Waals surface area contributed by atoms with Crippen molar-refractivity contribution < 1.29 is 22.3 Å². The average molecular weight is 489 g/mol. The first kappa shape index (κ1) is 19.1. The monoisotopic (exact) mass is 488 g/mol. The van der Waals surface area contributed by atoms with Crippen LogP contribution < -0.4 is 9.47 Å². The summed E-state index contributed by atoms with van der Waals surface area (Å²) in [5.41, 5.74) is 2.24. The zero-order valence-corrected chi connectivity index (χ0v) is 17.9. The maximum Gasteiger partial charge on any atom is 0.397 e. The first-order valence-electron chi connectivity index (χ1n) is 8.94. The molecule has 152 valence electrons. The minimum absolute atomic E-state index is 0.142. The lowest BCUT2D eigenvalue weighted by atomic mass is 10.0. The van der Waals surface area contributed by atoms with Crippen LogP contribution in [0.2, 0.25) is 0 Å². The molecule has 1 unspecified atom stereocenters. The minimum atomic E-state index is -3.91. The van der Waals surface area contributed by atoms with E-state index < -0.39 is 16.6 Å². The number of para-hydroxylation sites is 1. The summed E-state index contributed by atoms with van der Waals surface area (Å²) in [6.45, 7) is -0.0230. The normalized spacial score (nSPS) is 15.6. The summed E-state index contributed by atoms with van der Waals surface area (Å²) in [6.07, 6.45) is 3.00. The molecule has 0 spiro atoms. The summed E-state index contributed by atoms with van der Waals surface area (Å²) in [5, 5.41) is 0.569. The van der Waals surface area contributed by atoms with E-state index in [-0.39, 0.29) is 22.0 Å². The number of nitrogens with zero attached hydrogens (tertiary/aromatic N) is 2. The molecule has 2 aromatic heterocycles. The van der Waals surface area contributed by atoms with E-state index in [4.69, 9.17) is 9.47 Å². The molecule has 0 saturated heterocycles. The van der Waals surface area contributed by atoms with Crippen LogP contribution in [-0.2, 0) is 10.0 Å². The summed E-state index contributed by atoms with van der Waals surface area (Å²) in [6, 6.07) is 13.4. The number of fused-ring (bicyclic) bond motifs is 2. The lowest BCUT2D eigenvalue weighted by molar-refractivity contribution is -0.0650. The van der Waals surface area contributed by atoms with Crippen molar-refractivity contribution in [2.45, 2.75) is 18.4 Å². The Hall–Kier alpha value is -2.91. The SMILES string of the molecule is Cc1ccc(S(=O)(=O)n2cc(-c3cccc4c3OC(F)O4)c3cc(Br)cnc32)cc1. The minimum Gasteiger partial charge on any atom is -0.425 e. The smallest absolute Gasteiger partial charge is 0.397 e. The lowest BCUT2D eigenvalue weighted by Gasteiger charge is -2.07. The molecule has 0 bridgehead atoms. The first-order chi connectivity index (χ1) is 14.3. The highest BCUT2D eigenvalue weighted by atomic mass is 79.9. The van der Waals surface area contributed by atoms with Gasteiger partial charge in [0.2, 0.25) is 0 Å². The van der Waals surface area contributed by atoms with Crippen molar-refractivity contribution in [1.82, 2.24) is 8.96 Å². The second-order valence-corrected chi connectivity index (χ2v) is 9.55. The quantitative estimate of drug-likeness (QED) is 0.404. The van der Waals surface area contributed by atoms with E-state index in [1.807, 2.05) is 6.92 Å². The van der Waals surface area contributed by atoms with E-state index in [2.05, 4.69) is 20.9 Å². The van der Waals surface area contributed by atoms with Gasteiger partial charge in [-0.15, -0.1) is 0 Å². The molecule has 6 nitrogen and oxygen atoms in total. The van der Waals surface area contributed by atoms with Crippen LogP contribution in [0.1, 0.15) is 5.56 Å². The van der Waals surface area contributed by atoms with Gasteiger partial charge < -0.3 is 9.47 Å². The number of aryl methyl sites for hydroxylation is 1. The highest BCUT2D eigenvalue weighted by Gasteiger charge is 2.29. The largest absolute Gasteiger partial charge is 0.425 e. The van der Waals surface area contributed by atoms with Crippen molar-refractivity contribution in [2.75, 3.05) is 0 Å². The molecule has 0 saturated carbocycles. The van der Waals surface area contributed by atoms with Gasteiger partial charge in [-0.05, 0) is 47.1 Å². The van der Waals surface area contributed by atoms with Crippen LogP contribution in [0.3, 0.4) is 0 Å². The summed E-state index contributed by atoms with van der Waals surface area (Å²) >= 11 is 3.39. The molecule has 9 heteroatoms. The Bertz CT molecular complexity index is 1400. The fourth-order valence-corrected chi connectivity index (χ4v) is 5.09. The van der Waals surface area contributed by atoms with Crippen LogP contribution >= 0.6 is 15.9 Å². The molecule has 0 fully saturated rings. The van der Waals surface area contributed by atoms with Gasteiger partial charge in [-0.3, -0.25) is 0 Å². The number of hydrogen-bond acceptors (Lipinski definition) is 5. The second-order valence-electron chi connectivity index (χ2n) is 6.82. The van der Waals surface area contributed by atoms with Gasteiger partial charge >= 0.3 is 6.54 Å². The van der Waals surface area contributed by atoms with Crippen molar-refractivity contribution in [1.29, 1.82) is 0 Å². The molecular formula is C21H14BrFN2O4S. The van der Waals surface area contributed by atoms with E-state index in [0.717, 1.165) is 9.54 Å². The second kappa shape index (κ2) is 6.82. The zero-order chi connectivity index (χ0) is 21.0. The van der Waals surface area contributed by atoms with Gasteiger partial charge in [-0.2, -0.15) is 4.39 Å². The van der Waals surface area contributed by atoms with Gasteiger partial charge in [0.25, 0.3) is 10.0 Å². The molecule has 2 aromatic carbocycles. The summed E-state index contributed by atoms with van der Waals surface area (Å²) in [7, 11) is -3.91. The van der Waals surface area contributed by atoms with Crippen LogP contribution in [0, 0.1) is 6.92 Å². The fourth-order valence-electron chi connectivity index (χ4n) is 3.43. The van der Waals surface area contributed by atoms with E-state index >= 15 is 0 Å². The maximum absolute atomic E-state index is 13.7. The maximum atomic E-state index is 13.7. The van der Waals surface area contributed by atoms with E-state index in [1.165, 1.54) is 12.4 Å². The van der Waals surface area contributed by atoms with Gasteiger partial charge in [0.05, 0.1) is 4.90 Å². The summed E-state index contributed by atoms with van der Waals surface area (Å²) in [4.78, 5) is 4.48. The summed E-state index contributed by atoms with van der Waals surface area (Å²) in [5.74, 6) is 0.474. The molecule has 5 rings (SSSR count). The molecule has 0 N–H and O–H groups in total. The molecule has 30 heavy (non-hydrogen) atoms. The van der Waals surface area contributed by atoms with Gasteiger partial charge in [0.15, 0.2) is 17.1 Å². The average Bonchev–Trinajstić information content (AvgIpc) is 3.28. The molecule has 3 heterocycles. The molecular weight excluding hydrogens is 475 g/mol. The number of benzene rings is 2. The molecule has 1 aliphatic rings. The fraction of sp³-hybridized carbons (Fsp3) is 0.0952. The third-order valence-corrected chi connectivity index (χ3v) is 6.95. The lowest BCUT2D eigenvalue weighted by Crippen LogP contribution is -2.12. The summed E-state index contributed by atoms with van der Waals surface area (Å²) < 4.78 is 52.4. The Morgan fingerprint density at radius 2 is 1.87 bits per heavy atom. The third-order valence-electron chi connectivity index (χ3n) is 4.86. The predicted octanol–water partition coefficient (Wildman–Crippen LogP) is 5.04. The predicted molar refractivity (Wildman–Crippen MR) is 113 cm³/mol. The number of rotatable bonds is 3. The molecule has 1 atom stereocenters. The van der Waals surface area contributed by atoms with Crippen LogP contribution in [-0.4, -0.2) is 23.9 Å². The Kier molecular flexibility index (Phi) is 4.33. The van der Waals surface area contributed by atoms with Gasteiger partial charge in [0.1, 0.15) is 0 Å². The standard InChI is InChI=1S/C21H14BrFN2O4S/c1-12-5-7-14(8-6-12)30(26,27)25-11-17(16-9-13(22)10-24-20(16)25)15-3-2-4-18-19(15)29-21(23)28-18/h2-11,21H,1H3. The van der Waals surface area contributed by atoms with Gasteiger partial charge in [-0.25, -0.2) is 17.4 Å². The highest BCUT2D eigenvalue weighted by Crippen LogP contribution is 2.45. The number of alkyl halides is 1. The number of aromatic nitrogens is 2. The zero-order valence-electron chi connectivity index (χ0n) is 15.5. The topological polar surface area (TPSA) is 70.4 Å². The van der Waals surface area contributed by atoms with Crippen molar-refractivity contribution in [2.24, 2.45) is 0 Å². The van der Waals surface area contributed by atoms with E-state index in [1.54, 1.807) is 48.5 Å². The number of hydrogen-bond donors (Lipinski definition) is 0. The highest BCUT2D eigenvalue weighted by molar-refractivity contribution is 9.10. The van der Waals surface area contributed by atoms with Crippen molar-refractivity contribution >= 4 is 37.0 Å². The van der Waals surface area contributed by atoms with Crippen LogP contribution in [0.15, 0.2) is 70.3 Å². The number of pyridine rings is 1. The van der Waals surface area contributed by atoms with Crippen molar-refractivity contribution in [3.05, 3.63) is 71.0 Å². The van der Waals surface area contributed by atoms with Crippen LogP contribution in [0.25, 0.3) is 22.2 Å². The molecule has 0 aliphatic carbocycles. The Morgan fingerprint density at radius 1 is 1.10 bits per heavy atom. The number of ether oxygens (including phenoxy) is 2. The first-order valence-corrected chi connectivity index (χ1v) is 11.2. The Labute approximate surface area is 180 Å². The third kappa shape index (κ3) is 2.96. The van der Waals surface area contributed by atoms with Crippen molar-refractivity contribution in [3.63, 3.8) is 0 Å². The van der Waals surface area contributed by atoms with E-state index in [9.17, 15) is 12.8 Å². The van der Waals surface area contributed by atoms with Crippen molar-refractivity contribution in [3.8, 4) is 22.6 Å². The van der Waals surface area contributed by atoms with Crippen LogP contribution in [0.5, 0.6) is 11.5 Å². The molecule has 4 aromatic rings. The molecule has 1 aliphatic heterocycles. The number of halogens is 2. The Balaban J connectivity index is 1.78. The van der Waals surface area contributed by atoms with Gasteiger partial charge in [-0.1, -0.05) is 29.8 Å².